The predicted octanol–water partition coefficient (Wildman–Crippen LogP) is 4.65. The van der Waals surface area contributed by atoms with Crippen molar-refractivity contribution in [2.24, 2.45) is 0 Å². The number of hydrogen-bond donors (Lipinski definition) is 1. The number of carboxylic acid groups (broad SMARTS) is 1. The first-order valence-electron chi connectivity index (χ1n) is 8.98. The molecule has 3 rings (SSSR count). The van der Waals surface area contributed by atoms with Crippen LogP contribution >= 0.6 is 0 Å². The fourth-order valence-electron chi connectivity index (χ4n) is 3.48. The Hall–Kier alpha value is -2.56. The summed E-state index contributed by atoms with van der Waals surface area (Å²) in [5.41, 5.74) is 0.711. The molecule has 1 N–H and O–H groups in total. The summed E-state index contributed by atoms with van der Waals surface area (Å²) in [6.45, 7) is 6.71. The lowest BCUT2D eigenvalue weighted by atomic mass is 9.85. The molecule has 0 unspecified atom stereocenters. The summed E-state index contributed by atoms with van der Waals surface area (Å²) in [5.74, 6) is -0.773. The molecular formula is C21H25NO4. The number of amides is 1. The molecule has 2 aromatic carbocycles. The zero-order valence-electron chi connectivity index (χ0n) is 15.5. The highest BCUT2D eigenvalue weighted by atomic mass is 16.6. The minimum Gasteiger partial charge on any atom is -0.478 e. The Morgan fingerprint density at radius 2 is 1.65 bits per heavy atom. The molecule has 1 fully saturated rings. The van der Waals surface area contributed by atoms with Gasteiger partial charge in [-0.15, -0.1) is 0 Å². The van der Waals surface area contributed by atoms with Crippen LogP contribution in [0.1, 0.15) is 55.5 Å². The van der Waals surface area contributed by atoms with Crippen LogP contribution in [-0.2, 0) is 4.74 Å². The first-order valence-corrected chi connectivity index (χ1v) is 8.98. The Balaban J connectivity index is 1.80. The fraction of sp³-hybridized carbons (Fsp3) is 0.429. The van der Waals surface area contributed by atoms with Crippen molar-refractivity contribution in [3.05, 3.63) is 47.5 Å². The quantitative estimate of drug-likeness (QED) is 0.851. The number of likely N-dealkylation sites (tertiary alicyclic amines) is 1. The highest BCUT2D eigenvalue weighted by molar-refractivity contribution is 5.96. The number of hydrogen-bond acceptors (Lipinski definition) is 3. The summed E-state index contributed by atoms with van der Waals surface area (Å²) in [7, 11) is 0. The van der Waals surface area contributed by atoms with Gasteiger partial charge >= 0.3 is 12.1 Å². The molecule has 0 aromatic heterocycles. The van der Waals surface area contributed by atoms with Gasteiger partial charge in [0.1, 0.15) is 5.60 Å². The number of carbonyl (C=O) groups excluding carboxylic acids is 1. The zero-order valence-corrected chi connectivity index (χ0v) is 15.5. The van der Waals surface area contributed by atoms with Gasteiger partial charge in [-0.05, 0) is 61.9 Å². The van der Waals surface area contributed by atoms with E-state index in [9.17, 15) is 14.7 Å². The molecule has 1 heterocycles. The number of piperidine rings is 1. The Bertz CT molecular complexity index is 830. The van der Waals surface area contributed by atoms with Crippen LogP contribution < -0.4 is 0 Å². The molecule has 2 aromatic rings. The summed E-state index contributed by atoms with van der Waals surface area (Å²) in [4.78, 5) is 25.7. The van der Waals surface area contributed by atoms with Gasteiger partial charge in [0.05, 0.1) is 5.56 Å². The standard InChI is InChI=1S/C21H25NO4/c1-21(2,3)26-20(25)22-10-8-14(9-11-22)17-12-15-6-4-5-7-16(15)13-18(17)19(23)24/h4-7,12-14H,8-11H2,1-3H3,(H,23,24). The second kappa shape index (κ2) is 6.98. The first kappa shape index (κ1) is 18.2. The molecule has 0 bridgehead atoms. The van der Waals surface area contributed by atoms with Crippen molar-refractivity contribution in [3.63, 3.8) is 0 Å². The van der Waals surface area contributed by atoms with Gasteiger partial charge in [-0.25, -0.2) is 9.59 Å². The van der Waals surface area contributed by atoms with Crippen molar-refractivity contribution < 1.29 is 19.4 Å². The van der Waals surface area contributed by atoms with Crippen LogP contribution in [0.5, 0.6) is 0 Å². The Labute approximate surface area is 153 Å². The van der Waals surface area contributed by atoms with Crippen molar-refractivity contribution in [2.75, 3.05) is 13.1 Å². The van der Waals surface area contributed by atoms with Crippen LogP contribution in [0.2, 0.25) is 0 Å². The van der Waals surface area contributed by atoms with Gasteiger partial charge in [-0.3, -0.25) is 0 Å². The molecule has 0 atom stereocenters. The van der Waals surface area contributed by atoms with Gasteiger partial charge in [0.15, 0.2) is 0 Å². The monoisotopic (exact) mass is 355 g/mol. The van der Waals surface area contributed by atoms with E-state index < -0.39 is 11.6 Å². The fourth-order valence-corrected chi connectivity index (χ4v) is 3.48. The van der Waals surface area contributed by atoms with Crippen LogP contribution in [0, 0.1) is 0 Å². The van der Waals surface area contributed by atoms with Gasteiger partial charge in [0.2, 0.25) is 0 Å². The van der Waals surface area contributed by atoms with Crippen molar-refractivity contribution in [2.45, 2.75) is 45.1 Å². The summed E-state index contributed by atoms with van der Waals surface area (Å²) < 4.78 is 5.43. The molecule has 0 spiro atoms. The van der Waals surface area contributed by atoms with Gasteiger partial charge in [0.25, 0.3) is 0 Å². The zero-order chi connectivity index (χ0) is 18.9. The maximum absolute atomic E-state index is 12.2. The van der Waals surface area contributed by atoms with Crippen molar-refractivity contribution in [3.8, 4) is 0 Å². The lowest BCUT2D eigenvalue weighted by Gasteiger charge is -2.34. The van der Waals surface area contributed by atoms with Gasteiger partial charge in [0, 0.05) is 13.1 Å². The van der Waals surface area contributed by atoms with Crippen LogP contribution in [-0.4, -0.2) is 40.8 Å². The molecule has 138 valence electrons. The van der Waals surface area contributed by atoms with E-state index in [0.29, 0.717) is 18.7 Å². The second-order valence-corrected chi connectivity index (χ2v) is 7.83. The van der Waals surface area contributed by atoms with Gasteiger partial charge < -0.3 is 14.7 Å². The lowest BCUT2D eigenvalue weighted by Crippen LogP contribution is -2.41. The number of rotatable bonds is 2. The third-order valence-electron chi connectivity index (χ3n) is 4.73. The third kappa shape index (κ3) is 3.98. The molecule has 1 amide bonds. The Morgan fingerprint density at radius 3 is 2.19 bits per heavy atom. The number of ether oxygens (including phenoxy) is 1. The molecule has 1 saturated heterocycles. The lowest BCUT2D eigenvalue weighted by molar-refractivity contribution is 0.0204. The highest BCUT2D eigenvalue weighted by Gasteiger charge is 2.29. The van der Waals surface area contributed by atoms with E-state index in [2.05, 4.69) is 0 Å². The summed E-state index contributed by atoms with van der Waals surface area (Å²) in [6.07, 6.45) is 1.17. The molecule has 0 radical (unpaired) electrons. The van der Waals surface area contributed by atoms with Crippen LogP contribution in [0.4, 0.5) is 4.79 Å². The maximum Gasteiger partial charge on any atom is 0.410 e. The van der Waals surface area contributed by atoms with Crippen molar-refractivity contribution in [1.29, 1.82) is 0 Å². The molecule has 0 saturated carbocycles. The molecule has 0 aliphatic carbocycles. The minimum atomic E-state index is -0.902. The first-order chi connectivity index (χ1) is 12.2. The molecule has 5 nitrogen and oxygen atoms in total. The number of benzene rings is 2. The minimum absolute atomic E-state index is 0.129. The summed E-state index contributed by atoms with van der Waals surface area (Å²) in [6, 6.07) is 11.5. The number of fused-ring (bicyclic) bond motifs is 1. The predicted molar refractivity (Wildman–Crippen MR) is 101 cm³/mol. The van der Waals surface area contributed by atoms with E-state index in [1.807, 2.05) is 51.1 Å². The second-order valence-electron chi connectivity index (χ2n) is 7.83. The Kier molecular flexibility index (Phi) is 4.90. The van der Waals surface area contributed by atoms with Gasteiger partial charge in [-0.1, -0.05) is 30.3 Å². The maximum atomic E-state index is 12.2. The largest absolute Gasteiger partial charge is 0.478 e. The summed E-state index contributed by atoms with van der Waals surface area (Å²) in [5, 5.41) is 11.6. The van der Waals surface area contributed by atoms with E-state index in [0.717, 1.165) is 29.2 Å². The molecule has 26 heavy (non-hydrogen) atoms. The number of nitrogens with zero attached hydrogens (tertiary/aromatic N) is 1. The molecule has 1 aliphatic heterocycles. The van der Waals surface area contributed by atoms with Crippen LogP contribution in [0.25, 0.3) is 10.8 Å². The number of carbonyl (C=O) groups is 2. The van der Waals surface area contributed by atoms with Crippen LogP contribution in [0.15, 0.2) is 36.4 Å². The van der Waals surface area contributed by atoms with Crippen LogP contribution in [0.3, 0.4) is 0 Å². The number of aromatic carboxylic acids is 1. The molecular weight excluding hydrogens is 330 g/mol. The normalized spacial score (nSPS) is 15.9. The number of carboxylic acids is 1. The SMILES string of the molecule is CC(C)(C)OC(=O)N1CCC(c2cc3ccccc3cc2C(=O)O)CC1. The topological polar surface area (TPSA) is 66.8 Å². The average molecular weight is 355 g/mol. The third-order valence-corrected chi connectivity index (χ3v) is 4.73. The van der Waals surface area contributed by atoms with E-state index in [-0.39, 0.29) is 12.0 Å². The Morgan fingerprint density at radius 1 is 1.08 bits per heavy atom. The highest BCUT2D eigenvalue weighted by Crippen LogP contribution is 2.33. The van der Waals surface area contributed by atoms with E-state index in [4.69, 9.17) is 4.74 Å². The summed E-state index contributed by atoms with van der Waals surface area (Å²) >= 11 is 0. The van der Waals surface area contributed by atoms with E-state index in [1.165, 1.54) is 0 Å². The van der Waals surface area contributed by atoms with E-state index in [1.54, 1.807) is 11.0 Å². The van der Waals surface area contributed by atoms with Gasteiger partial charge in [-0.2, -0.15) is 0 Å². The molecule has 1 aliphatic rings. The smallest absolute Gasteiger partial charge is 0.410 e. The molecule has 5 heteroatoms. The van der Waals surface area contributed by atoms with Crippen molar-refractivity contribution >= 4 is 22.8 Å². The van der Waals surface area contributed by atoms with E-state index >= 15 is 0 Å². The van der Waals surface area contributed by atoms with Crippen molar-refractivity contribution in [1.82, 2.24) is 4.90 Å². The average Bonchev–Trinajstić information content (AvgIpc) is 2.59.